The minimum Gasteiger partial charge on any atom is -0.481 e. The zero-order valence-corrected chi connectivity index (χ0v) is 38.3. The molecule has 1 aromatic rings. The molecule has 0 radical (unpaired) electrons. The van der Waals surface area contributed by atoms with Crippen LogP contribution in [-0.2, 0) is 23.9 Å². The Morgan fingerprint density at radius 3 is 2.24 bits per heavy atom. The summed E-state index contributed by atoms with van der Waals surface area (Å²) in [4.78, 5) is 70.5. The van der Waals surface area contributed by atoms with E-state index in [1.807, 2.05) is 27.7 Å². The van der Waals surface area contributed by atoms with E-state index in [1.54, 1.807) is 5.38 Å². The van der Waals surface area contributed by atoms with Gasteiger partial charge in [-0.05, 0) is 123 Å². The van der Waals surface area contributed by atoms with Crippen LogP contribution in [0.5, 0.6) is 0 Å². The van der Waals surface area contributed by atoms with Crippen LogP contribution in [0.4, 0.5) is 5.13 Å². The molecular formula is C47H70N4O7S. The highest BCUT2D eigenvalue weighted by Crippen LogP contribution is 2.77. The van der Waals surface area contributed by atoms with Crippen LogP contribution in [0.2, 0.25) is 0 Å². The van der Waals surface area contributed by atoms with E-state index in [2.05, 4.69) is 64.1 Å². The van der Waals surface area contributed by atoms with Crippen molar-refractivity contribution < 1.29 is 33.8 Å². The lowest BCUT2D eigenvalue weighted by atomic mass is 9.33. The minimum atomic E-state index is -0.842. The summed E-state index contributed by atoms with van der Waals surface area (Å²) in [5.74, 6) is -1.15. The number of carbonyl (C=O) groups excluding carboxylic acids is 4. The molecule has 6 aliphatic rings. The Bertz CT molecular complexity index is 1970. The number of anilines is 1. The molecule has 0 aliphatic heterocycles. The molecule has 1 aromatic heterocycles. The van der Waals surface area contributed by atoms with Gasteiger partial charge >= 0.3 is 11.9 Å². The quantitative estimate of drug-likeness (QED) is 0.169. The van der Waals surface area contributed by atoms with E-state index in [9.17, 15) is 29.1 Å². The number of ether oxygens (including phenoxy) is 1. The first-order chi connectivity index (χ1) is 27.2. The number of nitrogen functional groups attached to an aromatic ring is 1. The molecule has 7 rings (SSSR count). The zero-order valence-electron chi connectivity index (χ0n) is 37.4. The second kappa shape index (κ2) is 14.4. The first-order valence-electron chi connectivity index (χ1n) is 22.3. The van der Waals surface area contributed by atoms with Gasteiger partial charge in [-0.2, -0.15) is 0 Å². The summed E-state index contributed by atoms with van der Waals surface area (Å²) in [5.41, 5.74) is 6.11. The smallest absolute Gasteiger partial charge is 0.309 e. The summed E-state index contributed by atoms with van der Waals surface area (Å²) in [6.07, 6.45) is 8.42. The third-order valence-corrected chi connectivity index (χ3v) is 18.7. The number of carboxylic acid groups (broad SMARTS) is 1. The number of fused-ring (bicyclic) bond motifs is 7. The molecular weight excluding hydrogens is 765 g/mol. The van der Waals surface area contributed by atoms with Gasteiger partial charge in [0.1, 0.15) is 11.8 Å². The molecule has 0 bridgehead atoms. The van der Waals surface area contributed by atoms with Crippen molar-refractivity contribution in [2.45, 2.75) is 158 Å². The molecule has 5 fully saturated rings. The van der Waals surface area contributed by atoms with Gasteiger partial charge in [-0.3, -0.25) is 24.0 Å². The number of rotatable bonds is 10. The van der Waals surface area contributed by atoms with Crippen LogP contribution < -0.4 is 16.4 Å². The summed E-state index contributed by atoms with van der Waals surface area (Å²) in [6, 6.07) is 0. The third kappa shape index (κ3) is 6.78. The van der Waals surface area contributed by atoms with Crippen LogP contribution in [0.3, 0.4) is 0 Å². The summed E-state index contributed by atoms with van der Waals surface area (Å²) in [5, 5.41) is 17.7. The number of carboxylic acids is 1. The number of allylic oxidation sites excluding steroid dienone is 2. The number of carbonyl (C=O) groups is 5. The summed E-state index contributed by atoms with van der Waals surface area (Å²) in [7, 11) is 0. The van der Waals surface area contributed by atoms with Crippen LogP contribution in [0.1, 0.15) is 157 Å². The SMILES string of the molecule is CC(C)C1=C2[C@H]3CC[C@@H]4[C@@]5(C)CC[C@H](OC(=O)[C@H]6C[C@@H](C(=O)O)C6(C)C)C(C)(C)[C@@H]5CC[C@@]4(C)[C@]3(C)CC[C@@]2(CC(=O)NCC(C)(C)NC(=O)c2csc(N)n2)CC1=O. The van der Waals surface area contributed by atoms with Crippen LogP contribution in [0, 0.1) is 68.0 Å². The number of hydrogen-bond donors (Lipinski definition) is 4. The lowest BCUT2D eigenvalue weighted by Gasteiger charge is -2.72. The fourth-order valence-corrected chi connectivity index (χ4v) is 15.1. The first kappa shape index (κ1) is 43.8. The van der Waals surface area contributed by atoms with E-state index in [-0.39, 0.29) is 81.8 Å². The normalized spacial score (nSPS) is 38.3. The van der Waals surface area contributed by atoms with Crippen LogP contribution in [0.15, 0.2) is 16.5 Å². The zero-order chi connectivity index (χ0) is 43.5. The summed E-state index contributed by atoms with van der Waals surface area (Å²) >= 11 is 1.21. The largest absolute Gasteiger partial charge is 0.481 e. The number of thiazole rings is 1. The van der Waals surface area contributed by atoms with E-state index in [0.717, 1.165) is 56.9 Å². The molecule has 1 heterocycles. The van der Waals surface area contributed by atoms with Crippen molar-refractivity contribution in [2.24, 2.45) is 68.0 Å². The second-order valence-electron chi connectivity index (χ2n) is 22.6. The predicted octanol–water partition coefficient (Wildman–Crippen LogP) is 8.38. The maximum absolute atomic E-state index is 14.1. The molecule has 5 N–H and O–H groups in total. The average Bonchev–Trinajstić information content (AvgIpc) is 3.68. The van der Waals surface area contributed by atoms with Crippen molar-refractivity contribution in [1.29, 1.82) is 0 Å². The average molecular weight is 835 g/mol. The molecule has 6 aliphatic carbocycles. The van der Waals surface area contributed by atoms with Crippen molar-refractivity contribution in [3.8, 4) is 0 Å². The van der Waals surface area contributed by atoms with E-state index in [1.165, 1.54) is 16.9 Å². The van der Waals surface area contributed by atoms with Crippen molar-refractivity contribution in [3.63, 3.8) is 0 Å². The van der Waals surface area contributed by atoms with E-state index in [0.29, 0.717) is 29.8 Å². The summed E-state index contributed by atoms with van der Waals surface area (Å²) in [6.45, 7) is 24.2. The Morgan fingerprint density at radius 2 is 1.63 bits per heavy atom. The number of amides is 2. The molecule has 0 unspecified atom stereocenters. The van der Waals surface area contributed by atoms with Crippen molar-refractivity contribution in [2.75, 3.05) is 12.3 Å². The van der Waals surface area contributed by atoms with Crippen LogP contribution >= 0.6 is 11.3 Å². The van der Waals surface area contributed by atoms with Crippen molar-refractivity contribution >= 4 is 46.0 Å². The van der Waals surface area contributed by atoms with Gasteiger partial charge < -0.3 is 26.2 Å². The Labute approximate surface area is 355 Å². The number of aromatic nitrogens is 1. The number of Topliss-reactive ketones (excluding diaryl/α,β-unsaturated/α-hetero) is 1. The molecule has 10 atom stereocenters. The van der Waals surface area contributed by atoms with Gasteiger partial charge in [-0.25, -0.2) is 4.98 Å². The lowest BCUT2D eigenvalue weighted by Crippen LogP contribution is -2.66. The lowest BCUT2D eigenvalue weighted by molar-refractivity contribution is -0.236. The second-order valence-corrected chi connectivity index (χ2v) is 23.5. The topological polar surface area (TPSA) is 178 Å². The monoisotopic (exact) mass is 834 g/mol. The molecule has 2 amide bonds. The minimum absolute atomic E-state index is 0.0158. The van der Waals surface area contributed by atoms with E-state index >= 15 is 0 Å². The number of nitrogens with two attached hydrogens (primary N) is 1. The highest BCUT2D eigenvalue weighted by atomic mass is 32.1. The highest BCUT2D eigenvalue weighted by Gasteiger charge is 2.70. The number of aliphatic carboxylic acids is 1. The Balaban J connectivity index is 1.09. The van der Waals surface area contributed by atoms with Crippen molar-refractivity contribution in [3.05, 3.63) is 22.2 Å². The fraction of sp³-hybridized carbons (Fsp3) is 0.787. The van der Waals surface area contributed by atoms with Crippen LogP contribution in [0.25, 0.3) is 0 Å². The standard InChI is InChI=1S/C47H70N4O7S/c1-25(2)35-30(52)21-47(22-34(53)49-24-41(3,4)51-37(54)29-23-59-40(48)50-29)19-18-45(10)26(36(35)47)12-13-32-44(9)16-15-33(43(7,8)31(44)14-17-46(32,45)11)58-39(57)28-20-27(38(55)56)42(28,5)6/h23,25-28,31-33H,12-22,24H2,1-11H3,(H2,48,50)(H,49,53)(H,51,54)(H,55,56)/t26-,27+,28-,31+,32-,33+,44+,45-,46-,47+/m1/s1. The molecule has 59 heavy (non-hydrogen) atoms. The molecule has 0 saturated heterocycles. The number of nitrogens with one attached hydrogen (secondary N) is 2. The van der Waals surface area contributed by atoms with Crippen molar-refractivity contribution in [1.82, 2.24) is 15.6 Å². The maximum Gasteiger partial charge on any atom is 0.309 e. The van der Waals surface area contributed by atoms with E-state index in [4.69, 9.17) is 10.5 Å². The maximum atomic E-state index is 14.1. The van der Waals surface area contributed by atoms with Gasteiger partial charge in [0.25, 0.3) is 5.91 Å². The van der Waals surface area contributed by atoms with Gasteiger partial charge in [0, 0.05) is 35.6 Å². The number of hydrogen-bond acceptors (Lipinski definition) is 9. The summed E-state index contributed by atoms with van der Waals surface area (Å²) < 4.78 is 6.41. The highest BCUT2D eigenvalue weighted by molar-refractivity contribution is 7.13. The molecule has 0 spiro atoms. The Morgan fingerprint density at radius 1 is 0.932 bits per heavy atom. The Hall–Kier alpha value is -3.28. The van der Waals surface area contributed by atoms with Gasteiger partial charge in [0.15, 0.2) is 10.9 Å². The third-order valence-electron chi connectivity index (χ3n) is 18.1. The molecule has 5 saturated carbocycles. The van der Waals surface area contributed by atoms with Gasteiger partial charge in [-0.1, -0.05) is 67.9 Å². The fourth-order valence-electron chi connectivity index (χ4n) is 14.6. The van der Waals surface area contributed by atoms with Crippen LogP contribution in [-0.4, -0.2) is 57.8 Å². The first-order valence-corrected chi connectivity index (χ1v) is 23.1. The van der Waals surface area contributed by atoms with E-state index < -0.39 is 34.2 Å². The Kier molecular flexibility index (Phi) is 10.7. The predicted molar refractivity (Wildman–Crippen MR) is 228 cm³/mol. The number of ketones is 1. The van der Waals surface area contributed by atoms with Gasteiger partial charge in [0.2, 0.25) is 5.91 Å². The number of esters is 1. The number of nitrogens with zero attached hydrogens (tertiary/aromatic N) is 1. The molecule has 0 aromatic carbocycles. The molecule has 12 heteroatoms. The van der Waals surface area contributed by atoms with Gasteiger partial charge in [-0.15, -0.1) is 11.3 Å². The molecule has 11 nitrogen and oxygen atoms in total. The molecule has 326 valence electrons. The van der Waals surface area contributed by atoms with Gasteiger partial charge in [0.05, 0.1) is 17.4 Å².